The summed E-state index contributed by atoms with van der Waals surface area (Å²) in [4.78, 5) is 4.36. The molecule has 1 atom stereocenters. The van der Waals surface area contributed by atoms with E-state index < -0.39 is 0 Å². The van der Waals surface area contributed by atoms with Gasteiger partial charge in [-0.1, -0.05) is 13.8 Å². The third-order valence-corrected chi connectivity index (χ3v) is 2.46. The maximum absolute atomic E-state index is 5.84. The van der Waals surface area contributed by atoms with E-state index in [0.717, 1.165) is 5.82 Å². The van der Waals surface area contributed by atoms with Crippen molar-refractivity contribution in [2.45, 2.75) is 33.8 Å². The molecule has 1 unspecified atom stereocenters. The van der Waals surface area contributed by atoms with E-state index in [4.69, 9.17) is 15.2 Å². The van der Waals surface area contributed by atoms with Crippen LogP contribution in [0, 0.1) is 5.92 Å². The van der Waals surface area contributed by atoms with Gasteiger partial charge in [0.15, 0.2) is 0 Å². The van der Waals surface area contributed by atoms with Gasteiger partial charge in [0.2, 0.25) is 5.88 Å². The Hall–Kier alpha value is -1.49. The van der Waals surface area contributed by atoms with Crippen LogP contribution in [0.2, 0.25) is 0 Å². The van der Waals surface area contributed by atoms with Crippen LogP contribution in [0.5, 0.6) is 5.88 Å². The van der Waals surface area contributed by atoms with E-state index >= 15 is 0 Å². The van der Waals surface area contributed by atoms with Crippen LogP contribution in [0.1, 0.15) is 27.7 Å². The SMILES string of the molecule is CCOC(C)CNc1ccc(N)c(OCC(C)C)n1. The van der Waals surface area contributed by atoms with Crippen molar-refractivity contribution in [2.24, 2.45) is 5.92 Å². The third-order valence-electron chi connectivity index (χ3n) is 2.46. The molecule has 0 aliphatic rings. The van der Waals surface area contributed by atoms with Crippen molar-refractivity contribution in [1.82, 2.24) is 4.98 Å². The first-order valence-electron chi connectivity index (χ1n) is 6.77. The molecule has 0 amide bonds. The number of aromatic nitrogens is 1. The highest BCUT2D eigenvalue weighted by Crippen LogP contribution is 2.21. The molecule has 0 aliphatic carbocycles. The van der Waals surface area contributed by atoms with Gasteiger partial charge in [-0.15, -0.1) is 0 Å². The molecule has 1 heterocycles. The van der Waals surface area contributed by atoms with Gasteiger partial charge in [0.1, 0.15) is 5.82 Å². The van der Waals surface area contributed by atoms with Gasteiger partial charge in [-0.25, -0.2) is 0 Å². The first kappa shape index (κ1) is 15.6. The van der Waals surface area contributed by atoms with E-state index in [-0.39, 0.29) is 6.10 Å². The van der Waals surface area contributed by atoms with Crippen molar-refractivity contribution < 1.29 is 9.47 Å². The summed E-state index contributed by atoms with van der Waals surface area (Å²) in [7, 11) is 0. The lowest BCUT2D eigenvalue weighted by Gasteiger charge is -2.15. The van der Waals surface area contributed by atoms with Gasteiger partial charge in [0.25, 0.3) is 0 Å². The largest absolute Gasteiger partial charge is 0.476 e. The van der Waals surface area contributed by atoms with Crippen molar-refractivity contribution in [2.75, 3.05) is 30.8 Å². The number of pyridine rings is 1. The Balaban J connectivity index is 2.57. The molecule has 1 aromatic heterocycles. The van der Waals surface area contributed by atoms with Gasteiger partial charge in [-0.3, -0.25) is 0 Å². The molecule has 0 spiro atoms. The number of ether oxygens (including phenoxy) is 2. The maximum Gasteiger partial charge on any atom is 0.239 e. The Morgan fingerprint density at radius 1 is 1.32 bits per heavy atom. The number of rotatable bonds is 8. The van der Waals surface area contributed by atoms with Crippen LogP contribution in [-0.4, -0.2) is 30.8 Å². The van der Waals surface area contributed by atoms with Crippen LogP contribution >= 0.6 is 0 Å². The van der Waals surface area contributed by atoms with Crippen LogP contribution < -0.4 is 15.8 Å². The quantitative estimate of drug-likeness (QED) is 0.757. The van der Waals surface area contributed by atoms with E-state index in [2.05, 4.69) is 24.1 Å². The summed E-state index contributed by atoms with van der Waals surface area (Å²) in [5, 5.41) is 3.21. The summed E-state index contributed by atoms with van der Waals surface area (Å²) in [6.07, 6.45) is 0.143. The Morgan fingerprint density at radius 2 is 2.05 bits per heavy atom. The average molecular weight is 267 g/mol. The fraction of sp³-hybridized carbons (Fsp3) is 0.643. The minimum atomic E-state index is 0.143. The topological polar surface area (TPSA) is 69.4 Å². The van der Waals surface area contributed by atoms with E-state index in [1.54, 1.807) is 6.07 Å². The molecule has 0 fully saturated rings. The predicted molar refractivity (Wildman–Crippen MR) is 78.6 cm³/mol. The summed E-state index contributed by atoms with van der Waals surface area (Å²) in [5.74, 6) is 1.68. The number of nitrogens with two attached hydrogens (primary N) is 1. The number of nitrogens with zero attached hydrogens (tertiary/aromatic N) is 1. The summed E-state index contributed by atoms with van der Waals surface area (Å²) in [6.45, 7) is 10.2. The Labute approximate surface area is 115 Å². The highest BCUT2D eigenvalue weighted by atomic mass is 16.5. The molecule has 5 nitrogen and oxygen atoms in total. The van der Waals surface area contributed by atoms with Crippen LogP contribution in [-0.2, 0) is 4.74 Å². The van der Waals surface area contributed by atoms with E-state index in [1.807, 2.05) is 19.9 Å². The highest BCUT2D eigenvalue weighted by Gasteiger charge is 2.07. The number of anilines is 2. The minimum absolute atomic E-state index is 0.143. The fourth-order valence-electron chi connectivity index (χ4n) is 1.50. The van der Waals surface area contributed by atoms with Crippen LogP contribution in [0.4, 0.5) is 11.5 Å². The molecular weight excluding hydrogens is 242 g/mol. The van der Waals surface area contributed by atoms with Crippen molar-refractivity contribution >= 4 is 11.5 Å². The van der Waals surface area contributed by atoms with Crippen molar-refractivity contribution in [3.63, 3.8) is 0 Å². The zero-order chi connectivity index (χ0) is 14.3. The number of hydrogen-bond donors (Lipinski definition) is 2. The third kappa shape index (κ3) is 5.79. The first-order chi connectivity index (χ1) is 9.02. The second kappa shape index (κ2) is 7.84. The van der Waals surface area contributed by atoms with Gasteiger partial charge in [0.05, 0.1) is 18.4 Å². The van der Waals surface area contributed by atoms with E-state index in [9.17, 15) is 0 Å². The van der Waals surface area contributed by atoms with Crippen LogP contribution in [0.15, 0.2) is 12.1 Å². The lowest BCUT2D eigenvalue weighted by Crippen LogP contribution is -2.20. The van der Waals surface area contributed by atoms with Gasteiger partial charge < -0.3 is 20.5 Å². The van der Waals surface area contributed by atoms with Gasteiger partial charge >= 0.3 is 0 Å². The molecule has 0 aromatic carbocycles. The first-order valence-corrected chi connectivity index (χ1v) is 6.77. The molecule has 1 aromatic rings. The number of nitrogens with one attached hydrogen (secondary N) is 1. The zero-order valence-electron chi connectivity index (χ0n) is 12.3. The maximum atomic E-state index is 5.84. The molecule has 108 valence electrons. The van der Waals surface area contributed by atoms with Crippen LogP contribution in [0.25, 0.3) is 0 Å². The summed E-state index contributed by atoms with van der Waals surface area (Å²) < 4.78 is 11.0. The van der Waals surface area contributed by atoms with Gasteiger partial charge in [-0.05, 0) is 31.9 Å². The normalized spacial score (nSPS) is 12.5. The lowest BCUT2D eigenvalue weighted by molar-refractivity contribution is 0.0854. The predicted octanol–water partition coefficient (Wildman–Crippen LogP) is 2.54. The molecule has 0 aliphatic heterocycles. The monoisotopic (exact) mass is 267 g/mol. The number of nitrogen functional groups attached to an aromatic ring is 1. The Kier molecular flexibility index (Phi) is 6.42. The molecular formula is C14H25N3O2. The zero-order valence-corrected chi connectivity index (χ0v) is 12.3. The van der Waals surface area contributed by atoms with Crippen molar-refractivity contribution in [3.05, 3.63) is 12.1 Å². The van der Waals surface area contributed by atoms with Crippen molar-refractivity contribution in [3.8, 4) is 5.88 Å². The van der Waals surface area contributed by atoms with Crippen LogP contribution in [0.3, 0.4) is 0 Å². The highest BCUT2D eigenvalue weighted by molar-refractivity contribution is 5.53. The second-order valence-corrected chi connectivity index (χ2v) is 4.94. The minimum Gasteiger partial charge on any atom is -0.476 e. The molecule has 0 saturated heterocycles. The lowest BCUT2D eigenvalue weighted by atomic mass is 10.2. The molecule has 5 heteroatoms. The van der Waals surface area contributed by atoms with Gasteiger partial charge in [-0.2, -0.15) is 4.98 Å². The van der Waals surface area contributed by atoms with Crippen molar-refractivity contribution in [1.29, 1.82) is 0 Å². The standard InChI is InChI=1S/C14H25N3O2/c1-5-18-11(4)8-16-13-7-6-12(15)14(17-13)19-9-10(2)3/h6-7,10-11H,5,8-9,15H2,1-4H3,(H,16,17). The Morgan fingerprint density at radius 3 is 2.68 bits per heavy atom. The smallest absolute Gasteiger partial charge is 0.239 e. The summed E-state index contributed by atoms with van der Waals surface area (Å²) in [6, 6.07) is 3.65. The van der Waals surface area contributed by atoms with Gasteiger partial charge in [0, 0.05) is 13.2 Å². The molecule has 0 radical (unpaired) electrons. The van der Waals surface area contributed by atoms with E-state index in [1.165, 1.54) is 0 Å². The molecule has 0 saturated carbocycles. The Bertz CT molecular complexity index is 383. The average Bonchev–Trinajstić information content (AvgIpc) is 2.36. The summed E-state index contributed by atoms with van der Waals surface area (Å²) >= 11 is 0. The second-order valence-electron chi connectivity index (χ2n) is 4.94. The fourth-order valence-corrected chi connectivity index (χ4v) is 1.50. The molecule has 0 bridgehead atoms. The summed E-state index contributed by atoms with van der Waals surface area (Å²) in [5.41, 5.74) is 6.40. The van der Waals surface area contributed by atoms with E-state index in [0.29, 0.717) is 37.2 Å². The number of hydrogen-bond acceptors (Lipinski definition) is 5. The molecule has 19 heavy (non-hydrogen) atoms. The molecule has 3 N–H and O–H groups in total. The molecule has 1 rings (SSSR count).